The second-order valence-corrected chi connectivity index (χ2v) is 5.89. The van der Waals surface area contributed by atoms with Crippen molar-refractivity contribution in [2.75, 3.05) is 19.9 Å². The normalized spacial score (nSPS) is 12.5. The van der Waals surface area contributed by atoms with Crippen LogP contribution in [-0.4, -0.2) is 40.5 Å². The van der Waals surface area contributed by atoms with Crippen LogP contribution in [0.2, 0.25) is 0 Å². The van der Waals surface area contributed by atoms with Crippen LogP contribution in [-0.2, 0) is 19.6 Å². The fourth-order valence-corrected chi connectivity index (χ4v) is 3.04. The summed E-state index contributed by atoms with van der Waals surface area (Å²) < 4.78 is 31.3. The van der Waals surface area contributed by atoms with Crippen molar-refractivity contribution in [2.45, 2.75) is 17.9 Å². The molecule has 0 aliphatic heterocycles. The average Bonchev–Trinajstić information content (AvgIpc) is 2.44. The van der Waals surface area contributed by atoms with Crippen LogP contribution in [0.25, 0.3) is 0 Å². The monoisotopic (exact) mass is 315 g/mol. The Morgan fingerprint density at radius 3 is 2.48 bits per heavy atom. The zero-order valence-corrected chi connectivity index (χ0v) is 12.7. The highest BCUT2D eigenvalue weighted by molar-refractivity contribution is 7.89. The number of hydrogen-bond acceptors (Lipinski definition) is 6. The van der Waals surface area contributed by atoms with Gasteiger partial charge < -0.3 is 15.8 Å². The molecule has 116 valence electrons. The number of rotatable bonds is 5. The summed E-state index contributed by atoms with van der Waals surface area (Å²) in [5.74, 6) is -1.33. The van der Waals surface area contributed by atoms with E-state index in [9.17, 15) is 18.0 Å². The topological polar surface area (TPSA) is 128 Å². The van der Waals surface area contributed by atoms with Crippen LogP contribution in [0.3, 0.4) is 0 Å². The van der Waals surface area contributed by atoms with Crippen molar-refractivity contribution in [3.8, 4) is 0 Å². The molecular formula is C12H17N3O5S. The minimum absolute atomic E-state index is 0.163. The van der Waals surface area contributed by atoms with Gasteiger partial charge in [-0.25, -0.2) is 13.2 Å². The molecule has 1 aromatic carbocycles. The van der Waals surface area contributed by atoms with Crippen LogP contribution in [0.5, 0.6) is 0 Å². The van der Waals surface area contributed by atoms with Crippen LogP contribution >= 0.6 is 0 Å². The van der Waals surface area contributed by atoms with Crippen molar-refractivity contribution in [3.63, 3.8) is 0 Å². The van der Waals surface area contributed by atoms with Gasteiger partial charge >= 0.3 is 5.97 Å². The Morgan fingerprint density at radius 2 is 1.95 bits per heavy atom. The Morgan fingerprint density at radius 1 is 1.33 bits per heavy atom. The predicted molar refractivity (Wildman–Crippen MR) is 76.0 cm³/mol. The van der Waals surface area contributed by atoms with Crippen molar-refractivity contribution in [1.29, 1.82) is 0 Å². The predicted octanol–water partition coefficient (Wildman–Crippen LogP) is -0.532. The van der Waals surface area contributed by atoms with E-state index in [0.717, 1.165) is 13.2 Å². The second-order valence-electron chi connectivity index (χ2n) is 4.20. The maximum absolute atomic E-state index is 12.3. The lowest BCUT2D eigenvalue weighted by Gasteiger charge is -2.15. The molecule has 1 amide bonds. The average molecular weight is 315 g/mol. The van der Waals surface area contributed by atoms with Gasteiger partial charge in [0.15, 0.2) is 0 Å². The summed E-state index contributed by atoms with van der Waals surface area (Å²) in [5, 5.41) is 2.32. The summed E-state index contributed by atoms with van der Waals surface area (Å²) in [6, 6.07) is 2.76. The van der Waals surface area contributed by atoms with E-state index >= 15 is 0 Å². The lowest BCUT2D eigenvalue weighted by molar-refractivity contribution is -0.121. The minimum atomic E-state index is -4.11. The largest absolute Gasteiger partial charge is 0.465 e. The number of ether oxygens (including phenoxy) is 1. The number of nitrogens with one attached hydrogen (secondary N) is 2. The summed E-state index contributed by atoms with van der Waals surface area (Å²) >= 11 is 0. The number of benzene rings is 1. The third-order valence-electron chi connectivity index (χ3n) is 2.67. The Bertz CT molecular complexity index is 657. The number of sulfonamides is 1. The fourth-order valence-electron chi connectivity index (χ4n) is 1.61. The van der Waals surface area contributed by atoms with Gasteiger partial charge in [-0.1, -0.05) is 0 Å². The first-order valence-corrected chi connectivity index (χ1v) is 7.43. The number of carbonyl (C=O) groups excluding carboxylic acids is 2. The van der Waals surface area contributed by atoms with Crippen LogP contribution in [0, 0.1) is 0 Å². The smallest absolute Gasteiger partial charge is 0.339 e. The van der Waals surface area contributed by atoms with Gasteiger partial charge in [0.25, 0.3) is 0 Å². The number of esters is 1. The molecule has 1 aromatic rings. The maximum Gasteiger partial charge on any atom is 0.339 e. The number of carbonyl (C=O) groups is 2. The van der Waals surface area contributed by atoms with E-state index in [0.29, 0.717) is 0 Å². The van der Waals surface area contributed by atoms with E-state index in [1.54, 1.807) is 0 Å². The van der Waals surface area contributed by atoms with Gasteiger partial charge in [0.05, 0.1) is 23.6 Å². The Labute approximate surface area is 122 Å². The van der Waals surface area contributed by atoms with Gasteiger partial charge in [0.2, 0.25) is 15.9 Å². The van der Waals surface area contributed by atoms with Crippen molar-refractivity contribution in [1.82, 2.24) is 10.0 Å². The molecular weight excluding hydrogens is 298 g/mol. The van der Waals surface area contributed by atoms with Gasteiger partial charge in [-0.15, -0.1) is 0 Å². The molecule has 0 aliphatic carbocycles. The van der Waals surface area contributed by atoms with E-state index in [4.69, 9.17) is 5.73 Å². The minimum Gasteiger partial charge on any atom is -0.465 e. The van der Waals surface area contributed by atoms with Crippen LogP contribution < -0.4 is 15.8 Å². The maximum atomic E-state index is 12.3. The molecule has 0 saturated heterocycles. The lowest BCUT2D eigenvalue weighted by Crippen LogP contribution is -2.43. The van der Waals surface area contributed by atoms with Gasteiger partial charge in [0, 0.05) is 12.7 Å². The third kappa shape index (κ3) is 3.92. The number of amides is 1. The summed E-state index contributed by atoms with van der Waals surface area (Å²) in [5.41, 5.74) is 5.56. The van der Waals surface area contributed by atoms with E-state index in [1.807, 2.05) is 0 Å². The van der Waals surface area contributed by atoms with Crippen LogP contribution in [0.1, 0.15) is 17.3 Å². The molecule has 0 aliphatic rings. The number of nitrogens with two attached hydrogens (primary N) is 1. The molecule has 9 heteroatoms. The first-order valence-electron chi connectivity index (χ1n) is 5.94. The molecule has 0 aromatic heterocycles. The molecule has 0 radical (unpaired) electrons. The summed E-state index contributed by atoms with van der Waals surface area (Å²) in [6.45, 7) is 1.38. The van der Waals surface area contributed by atoms with E-state index in [1.165, 1.54) is 26.1 Å². The van der Waals surface area contributed by atoms with Gasteiger partial charge in [-0.2, -0.15) is 4.72 Å². The Hall–Kier alpha value is -2.13. The van der Waals surface area contributed by atoms with E-state index in [-0.39, 0.29) is 16.1 Å². The van der Waals surface area contributed by atoms with Crippen LogP contribution in [0.15, 0.2) is 23.1 Å². The van der Waals surface area contributed by atoms with Crippen molar-refractivity contribution >= 4 is 27.6 Å². The molecule has 0 saturated carbocycles. The Kier molecular flexibility index (Phi) is 5.28. The van der Waals surface area contributed by atoms with Gasteiger partial charge in [-0.05, 0) is 25.1 Å². The molecule has 1 rings (SSSR count). The number of methoxy groups -OCH3 is 1. The molecule has 8 nitrogen and oxygen atoms in total. The van der Waals surface area contributed by atoms with Gasteiger partial charge in [0.1, 0.15) is 0 Å². The standard InChI is InChI=1S/C12H17N3O5S/c1-7(11(16)14-2)15-21(18,19)10-6-8(13)4-5-9(10)12(17)20-3/h4-7,15H,13H2,1-3H3,(H,14,16). The quantitative estimate of drug-likeness (QED) is 0.495. The summed E-state index contributed by atoms with van der Waals surface area (Å²) in [4.78, 5) is 22.7. The van der Waals surface area contributed by atoms with Gasteiger partial charge in [-0.3, -0.25) is 4.79 Å². The number of anilines is 1. The number of nitrogen functional groups attached to an aromatic ring is 1. The molecule has 21 heavy (non-hydrogen) atoms. The molecule has 0 fully saturated rings. The fraction of sp³-hybridized carbons (Fsp3) is 0.333. The lowest BCUT2D eigenvalue weighted by atomic mass is 10.2. The number of likely N-dealkylation sites (N-methyl/N-ethyl adjacent to an activating group) is 1. The van der Waals surface area contributed by atoms with E-state index < -0.39 is 27.9 Å². The SMILES string of the molecule is CNC(=O)C(C)NS(=O)(=O)c1cc(N)ccc1C(=O)OC. The van der Waals surface area contributed by atoms with Crippen LogP contribution in [0.4, 0.5) is 5.69 Å². The van der Waals surface area contributed by atoms with E-state index in [2.05, 4.69) is 14.8 Å². The number of hydrogen-bond donors (Lipinski definition) is 3. The molecule has 0 bridgehead atoms. The zero-order valence-electron chi connectivity index (χ0n) is 11.8. The first-order chi connectivity index (χ1) is 9.72. The Balaban J connectivity index is 3.27. The molecule has 0 heterocycles. The highest BCUT2D eigenvalue weighted by Crippen LogP contribution is 2.20. The summed E-state index contributed by atoms with van der Waals surface area (Å²) in [6.07, 6.45) is 0. The zero-order chi connectivity index (χ0) is 16.2. The van der Waals surface area contributed by atoms with Crippen molar-refractivity contribution < 1.29 is 22.7 Å². The van der Waals surface area contributed by atoms with Crippen molar-refractivity contribution in [2.24, 2.45) is 0 Å². The molecule has 0 spiro atoms. The third-order valence-corrected chi connectivity index (χ3v) is 4.25. The molecule has 4 N–H and O–H groups in total. The first kappa shape index (κ1) is 16.9. The molecule has 1 atom stereocenters. The van der Waals surface area contributed by atoms with Crippen molar-refractivity contribution in [3.05, 3.63) is 23.8 Å². The highest BCUT2D eigenvalue weighted by atomic mass is 32.2. The second kappa shape index (κ2) is 6.55. The summed E-state index contributed by atoms with van der Waals surface area (Å²) in [7, 11) is -1.60. The highest BCUT2D eigenvalue weighted by Gasteiger charge is 2.26. The molecule has 1 unspecified atom stereocenters.